The Morgan fingerprint density at radius 1 is 1.06 bits per heavy atom. The second kappa shape index (κ2) is 7.86. The lowest BCUT2D eigenvalue weighted by molar-refractivity contribution is -0.130. The first kappa shape index (κ1) is 23.3. The summed E-state index contributed by atoms with van der Waals surface area (Å²) in [6, 6.07) is 0. The van der Waals surface area contributed by atoms with Crippen molar-refractivity contribution in [3.8, 4) is 0 Å². The monoisotopic (exact) mass is 426 g/mol. The molecule has 0 aromatic carbocycles. The van der Waals surface area contributed by atoms with Crippen molar-refractivity contribution in [2.75, 3.05) is 0 Å². The molecule has 31 heavy (non-hydrogen) atoms. The Morgan fingerprint density at radius 3 is 2.45 bits per heavy atom. The number of Topliss-reactive ketones (excluding diaryl/α,β-unsaturated/α-hetero) is 1. The van der Waals surface area contributed by atoms with Crippen molar-refractivity contribution in [1.29, 1.82) is 0 Å². The molecule has 0 bridgehead atoms. The van der Waals surface area contributed by atoms with Crippen LogP contribution in [0.4, 0.5) is 0 Å². The molecule has 2 saturated carbocycles. The van der Waals surface area contributed by atoms with Crippen LogP contribution < -0.4 is 0 Å². The van der Waals surface area contributed by atoms with E-state index >= 15 is 0 Å². The maximum atomic E-state index is 12.5. The van der Waals surface area contributed by atoms with Gasteiger partial charge in [-0.2, -0.15) is 0 Å². The first-order valence-corrected chi connectivity index (χ1v) is 13.0. The van der Waals surface area contributed by atoms with Gasteiger partial charge in [0.25, 0.3) is 0 Å². The maximum Gasteiger partial charge on any atom is 0.136 e. The standard InChI is InChI=1S/C29H46O2/c1-18(2)8-11-25(30)20(4)22-12-16-29(7)24-10-9-21-19(3)26(31)14-15-27(21,5)23(24)13-17-28(22,29)6/h8,19-22,25,30H,9-17H2,1-7H3/t19-,20-,21?,22+,25?,27-,28+,29-/m0/s1. The van der Waals surface area contributed by atoms with Crippen molar-refractivity contribution >= 4 is 5.78 Å². The average Bonchev–Trinajstić information content (AvgIpc) is 3.00. The van der Waals surface area contributed by atoms with Crippen molar-refractivity contribution in [2.45, 2.75) is 112 Å². The fourth-order valence-electron chi connectivity index (χ4n) is 8.84. The molecule has 4 aliphatic carbocycles. The Kier molecular flexibility index (Phi) is 5.90. The summed E-state index contributed by atoms with van der Waals surface area (Å²) in [6.07, 6.45) is 11.9. The molecule has 2 heteroatoms. The lowest BCUT2D eigenvalue weighted by Crippen LogP contribution is -2.51. The van der Waals surface area contributed by atoms with E-state index in [1.54, 1.807) is 11.1 Å². The number of rotatable bonds is 4. The fourth-order valence-corrected chi connectivity index (χ4v) is 8.84. The molecule has 0 heterocycles. The number of hydrogen-bond acceptors (Lipinski definition) is 2. The van der Waals surface area contributed by atoms with E-state index in [4.69, 9.17) is 0 Å². The van der Waals surface area contributed by atoms with Gasteiger partial charge in [0.15, 0.2) is 0 Å². The third-order valence-electron chi connectivity index (χ3n) is 11.2. The van der Waals surface area contributed by atoms with Gasteiger partial charge in [-0.15, -0.1) is 0 Å². The van der Waals surface area contributed by atoms with E-state index in [9.17, 15) is 9.90 Å². The van der Waals surface area contributed by atoms with E-state index < -0.39 is 0 Å². The molecule has 0 aromatic rings. The third kappa shape index (κ3) is 3.33. The summed E-state index contributed by atoms with van der Waals surface area (Å²) < 4.78 is 0. The molecule has 0 aliphatic heterocycles. The van der Waals surface area contributed by atoms with Crippen LogP contribution in [0.5, 0.6) is 0 Å². The molecule has 0 spiro atoms. The summed E-state index contributed by atoms with van der Waals surface area (Å²) in [5.74, 6) is 2.20. The summed E-state index contributed by atoms with van der Waals surface area (Å²) in [7, 11) is 0. The molecule has 1 N–H and O–H groups in total. The van der Waals surface area contributed by atoms with Gasteiger partial charge in [-0.05, 0) is 99.2 Å². The fraction of sp³-hybridized carbons (Fsp3) is 0.828. The largest absolute Gasteiger partial charge is 0.393 e. The second-order valence-corrected chi connectivity index (χ2v) is 12.6. The normalized spacial score (nSPS) is 44.3. The number of aliphatic hydroxyl groups excluding tert-OH is 1. The Balaban J connectivity index is 1.65. The van der Waals surface area contributed by atoms with E-state index in [1.165, 1.54) is 44.1 Å². The number of hydrogen-bond donors (Lipinski definition) is 1. The maximum absolute atomic E-state index is 12.5. The molecule has 2 unspecified atom stereocenters. The summed E-state index contributed by atoms with van der Waals surface area (Å²) in [6.45, 7) is 16.4. The van der Waals surface area contributed by atoms with Gasteiger partial charge >= 0.3 is 0 Å². The minimum Gasteiger partial charge on any atom is -0.393 e. The van der Waals surface area contributed by atoms with Crippen molar-refractivity contribution < 1.29 is 9.90 Å². The number of ketones is 1. The van der Waals surface area contributed by atoms with Crippen LogP contribution in [-0.2, 0) is 4.79 Å². The Hall–Kier alpha value is -0.890. The second-order valence-electron chi connectivity index (χ2n) is 12.6. The zero-order valence-corrected chi connectivity index (χ0v) is 21.2. The predicted octanol–water partition coefficient (Wildman–Crippen LogP) is 7.27. The van der Waals surface area contributed by atoms with Gasteiger partial charge in [0.05, 0.1) is 6.10 Å². The van der Waals surface area contributed by atoms with Crippen molar-refractivity contribution in [1.82, 2.24) is 0 Å². The van der Waals surface area contributed by atoms with Gasteiger partial charge in [0.2, 0.25) is 0 Å². The summed E-state index contributed by atoms with van der Waals surface area (Å²) in [4.78, 5) is 12.5. The minimum absolute atomic E-state index is 0.232. The molecular formula is C29H46O2. The highest BCUT2D eigenvalue weighted by Crippen LogP contribution is 2.71. The van der Waals surface area contributed by atoms with Crippen LogP contribution >= 0.6 is 0 Å². The van der Waals surface area contributed by atoms with E-state index in [2.05, 4.69) is 54.5 Å². The Labute approximate surface area is 191 Å². The SMILES string of the molecule is CC(C)=CCC(O)[C@@H](C)[C@H]1CC[C@@]2(C)C3=C(CC[C@]12C)[C@@]1(C)CCC(=O)[C@@H](C)C1CC3. The van der Waals surface area contributed by atoms with Crippen LogP contribution in [0.15, 0.2) is 22.8 Å². The zero-order valence-electron chi connectivity index (χ0n) is 21.2. The number of carbonyl (C=O) groups excluding carboxylic acids is 1. The number of carbonyl (C=O) groups is 1. The Bertz CT molecular complexity index is 802. The molecule has 4 aliphatic rings. The molecule has 0 saturated heterocycles. The quantitative estimate of drug-likeness (QED) is 0.480. The third-order valence-corrected chi connectivity index (χ3v) is 11.2. The van der Waals surface area contributed by atoms with E-state index in [-0.39, 0.29) is 28.3 Å². The van der Waals surface area contributed by atoms with Gasteiger partial charge in [-0.25, -0.2) is 0 Å². The van der Waals surface area contributed by atoms with Crippen LogP contribution in [0, 0.1) is 39.9 Å². The van der Waals surface area contributed by atoms with E-state index in [1.807, 2.05) is 0 Å². The lowest BCUT2D eigenvalue weighted by atomic mass is 9.45. The van der Waals surface area contributed by atoms with Crippen molar-refractivity contribution in [3.05, 3.63) is 22.8 Å². The smallest absolute Gasteiger partial charge is 0.136 e. The van der Waals surface area contributed by atoms with Gasteiger partial charge in [0.1, 0.15) is 5.78 Å². The summed E-state index contributed by atoms with van der Waals surface area (Å²) in [5.41, 5.74) is 5.59. The number of aliphatic hydroxyl groups is 1. The Morgan fingerprint density at radius 2 is 1.77 bits per heavy atom. The van der Waals surface area contributed by atoms with Crippen LogP contribution in [0.1, 0.15) is 106 Å². The first-order chi connectivity index (χ1) is 14.5. The van der Waals surface area contributed by atoms with Crippen LogP contribution in [0.3, 0.4) is 0 Å². The summed E-state index contributed by atoms with van der Waals surface area (Å²) in [5, 5.41) is 11.0. The highest BCUT2D eigenvalue weighted by Gasteiger charge is 2.62. The van der Waals surface area contributed by atoms with Crippen molar-refractivity contribution in [3.63, 3.8) is 0 Å². The topological polar surface area (TPSA) is 37.3 Å². The highest BCUT2D eigenvalue weighted by molar-refractivity contribution is 5.82. The van der Waals surface area contributed by atoms with Crippen LogP contribution in [-0.4, -0.2) is 17.0 Å². The van der Waals surface area contributed by atoms with Crippen LogP contribution in [0.2, 0.25) is 0 Å². The number of fused-ring (bicyclic) bond motifs is 4. The molecule has 2 nitrogen and oxygen atoms in total. The molecule has 0 amide bonds. The molecule has 0 radical (unpaired) electrons. The molecule has 0 aromatic heterocycles. The van der Waals surface area contributed by atoms with E-state index in [0.29, 0.717) is 23.5 Å². The molecule has 4 rings (SSSR count). The minimum atomic E-state index is -0.243. The number of allylic oxidation sites excluding steroid dienone is 3. The van der Waals surface area contributed by atoms with Gasteiger partial charge < -0.3 is 5.11 Å². The zero-order chi connectivity index (χ0) is 22.8. The molecule has 2 fully saturated rings. The van der Waals surface area contributed by atoms with Crippen molar-refractivity contribution in [2.24, 2.45) is 39.9 Å². The lowest BCUT2D eigenvalue weighted by Gasteiger charge is -2.59. The molecule has 174 valence electrons. The van der Waals surface area contributed by atoms with Gasteiger partial charge in [0, 0.05) is 12.3 Å². The highest BCUT2D eigenvalue weighted by atomic mass is 16.3. The van der Waals surface area contributed by atoms with Crippen LogP contribution in [0.25, 0.3) is 0 Å². The molecule has 8 atom stereocenters. The average molecular weight is 427 g/mol. The summed E-state index contributed by atoms with van der Waals surface area (Å²) >= 11 is 0. The first-order valence-electron chi connectivity index (χ1n) is 13.0. The van der Waals surface area contributed by atoms with Gasteiger partial charge in [-0.1, -0.05) is 57.4 Å². The van der Waals surface area contributed by atoms with Gasteiger partial charge in [-0.3, -0.25) is 4.79 Å². The molecular weight excluding hydrogens is 380 g/mol. The predicted molar refractivity (Wildman–Crippen MR) is 129 cm³/mol. The van der Waals surface area contributed by atoms with E-state index in [0.717, 1.165) is 19.3 Å².